The Kier molecular flexibility index (Phi) is 9.32. The van der Waals surface area contributed by atoms with Crippen LogP contribution in [0.4, 0.5) is 0 Å². The molecule has 0 saturated heterocycles. The molecular formula is C67H48O2Si2. The van der Waals surface area contributed by atoms with Crippen LogP contribution in [-0.4, -0.2) is 16.1 Å². The van der Waals surface area contributed by atoms with Crippen LogP contribution >= 0.6 is 0 Å². The molecule has 0 radical (unpaired) electrons. The summed E-state index contributed by atoms with van der Waals surface area (Å²) in [6.07, 6.45) is 0. The first-order chi connectivity index (χ1) is 34.9. The lowest BCUT2D eigenvalue weighted by Crippen LogP contribution is -2.74. The molecule has 12 aromatic carbocycles. The van der Waals surface area contributed by atoms with E-state index >= 15 is 0 Å². The fourth-order valence-electron chi connectivity index (χ4n) is 12.2. The fraction of sp³-hybridized carbons (Fsp3) is 0.0448. The van der Waals surface area contributed by atoms with Crippen molar-refractivity contribution in [2.45, 2.75) is 19.6 Å². The minimum absolute atomic E-state index is 0.867. The molecule has 2 aliphatic rings. The van der Waals surface area contributed by atoms with Gasteiger partial charge in [0.2, 0.25) is 0 Å². The van der Waals surface area contributed by atoms with Crippen molar-refractivity contribution in [3.05, 3.63) is 237 Å². The molecule has 0 N–H and O–H groups in total. The van der Waals surface area contributed by atoms with Crippen LogP contribution in [0.25, 0.3) is 87.6 Å². The van der Waals surface area contributed by atoms with Crippen LogP contribution in [0.1, 0.15) is 0 Å². The third kappa shape index (κ3) is 6.25. The molecule has 0 spiro atoms. The molecule has 0 unspecified atom stereocenters. The highest BCUT2D eigenvalue weighted by Gasteiger charge is 2.43. The van der Waals surface area contributed by atoms with Crippen LogP contribution in [0.2, 0.25) is 19.6 Å². The standard InChI is InChI=1S/C67H48O2Si2/c1-70(2,3)47-34-36-49-50-29-17-31-56-57(37-38-59(66(50)56)69-62(49)42-47)65-54-27-15-13-25-52(54)64(53-26-14-16-28-55(53)65)43-33-35-48-51-30-18-32-58-63(40-39-60(67(51)58)68-61(48)41-43)71(44-19-7-4-8-20-44,45-21-9-5-10-22-45)46-23-11-6-12-24-46/h4-42H,1-3H3. The molecule has 0 amide bonds. The molecule has 0 bridgehead atoms. The van der Waals surface area contributed by atoms with Crippen molar-refractivity contribution in [3.8, 4) is 67.5 Å². The molecule has 0 aromatic heterocycles. The second-order valence-electron chi connectivity index (χ2n) is 20.2. The average molecular weight is 941 g/mol. The quantitative estimate of drug-likeness (QED) is 0.0900. The van der Waals surface area contributed by atoms with E-state index in [1.54, 1.807) is 0 Å². The van der Waals surface area contributed by atoms with E-state index in [0.717, 1.165) is 50.5 Å². The lowest BCUT2D eigenvalue weighted by molar-refractivity contribution is 0.487. The summed E-state index contributed by atoms with van der Waals surface area (Å²) < 4.78 is 14.0. The number of fused-ring (bicyclic) bond motifs is 6. The van der Waals surface area contributed by atoms with Crippen molar-refractivity contribution in [3.63, 3.8) is 0 Å². The van der Waals surface area contributed by atoms with E-state index in [4.69, 9.17) is 9.47 Å². The number of hydrogen-bond donors (Lipinski definition) is 0. The summed E-state index contributed by atoms with van der Waals surface area (Å²) in [5.74, 6) is 3.62. The van der Waals surface area contributed by atoms with E-state index in [1.165, 1.54) is 86.1 Å². The van der Waals surface area contributed by atoms with Gasteiger partial charge in [0, 0.05) is 21.9 Å². The van der Waals surface area contributed by atoms with Gasteiger partial charge in [0.25, 0.3) is 0 Å². The predicted octanol–water partition coefficient (Wildman–Crippen LogP) is 15.1. The maximum absolute atomic E-state index is 7.15. The number of hydrogen-bond acceptors (Lipinski definition) is 2. The van der Waals surface area contributed by atoms with Gasteiger partial charge in [0.05, 0.1) is 8.07 Å². The normalized spacial score (nSPS) is 12.7. The molecule has 4 heteroatoms. The Labute approximate surface area is 416 Å². The van der Waals surface area contributed by atoms with Crippen molar-refractivity contribution in [2.24, 2.45) is 0 Å². The smallest absolute Gasteiger partial charge is 0.180 e. The summed E-state index contributed by atoms with van der Waals surface area (Å²) >= 11 is 0. The summed E-state index contributed by atoms with van der Waals surface area (Å²) in [6.45, 7) is 7.17. The number of ether oxygens (including phenoxy) is 2. The largest absolute Gasteiger partial charge is 0.456 e. The highest BCUT2D eigenvalue weighted by molar-refractivity contribution is 7.20. The molecule has 12 aromatic rings. The van der Waals surface area contributed by atoms with Gasteiger partial charge in [-0.15, -0.1) is 0 Å². The van der Waals surface area contributed by atoms with Crippen LogP contribution in [0.3, 0.4) is 0 Å². The Bertz CT molecular complexity index is 3980. The summed E-state index contributed by atoms with van der Waals surface area (Å²) in [7, 11) is -4.36. The third-order valence-electron chi connectivity index (χ3n) is 15.4. The van der Waals surface area contributed by atoms with E-state index in [2.05, 4.69) is 256 Å². The van der Waals surface area contributed by atoms with Gasteiger partial charge in [-0.05, 0) is 123 Å². The summed E-state index contributed by atoms with van der Waals surface area (Å²) in [6, 6.07) is 87.8. The Morgan fingerprint density at radius 1 is 0.282 bits per heavy atom. The summed E-state index contributed by atoms with van der Waals surface area (Å²) in [5, 5.41) is 16.4. The van der Waals surface area contributed by atoms with Crippen LogP contribution in [0, 0.1) is 0 Å². The van der Waals surface area contributed by atoms with E-state index in [9.17, 15) is 0 Å². The second-order valence-corrected chi connectivity index (χ2v) is 29.1. The van der Waals surface area contributed by atoms with Gasteiger partial charge in [0.1, 0.15) is 23.0 Å². The molecule has 0 aliphatic carbocycles. The maximum atomic E-state index is 7.15. The van der Waals surface area contributed by atoms with Crippen molar-refractivity contribution < 1.29 is 9.47 Å². The number of rotatable bonds is 7. The van der Waals surface area contributed by atoms with E-state index < -0.39 is 16.1 Å². The minimum atomic E-state index is -2.83. The minimum Gasteiger partial charge on any atom is -0.456 e. The Morgan fingerprint density at radius 2 is 0.718 bits per heavy atom. The summed E-state index contributed by atoms with van der Waals surface area (Å²) in [4.78, 5) is 0. The van der Waals surface area contributed by atoms with Crippen molar-refractivity contribution in [1.82, 2.24) is 0 Å². The predicted molar refractivity (Wildman–Crippen MR) is 305 cm³/mol. The molecule has 336 valence electrons. The first-order valence-electron chi connectivity index (χ1n) is 24.7. The zero-order valence-corrected chi connectivity index (χ0v) is 41.8. The fourth-order valence-corrected chi connectivity index (χ4v) is 18.3. The van der Waals surface area contributed by atoms with E-state index in [-0.39, 0.29) is 0 Å². The van der Waals surface area contributed by atoms with E-state index in [1.807, 2.05) is 0 Å². The lowest BCUT2D eigenvalue weighted by Gasteiger charge is -2.36. The molecule has 0 saturated carbocycles. The number of benzene rings is 12. The van der Waals surface area contributed by atoms with Gasteiger partial charge in [-0.2, -0.15) is 0 Å². The van der Waals surface area contributed by atoms with Gasteiger partial charge in [-0.25, -0.2) is 0 Å². The zero-order valence-electron chi connectivity index (χ0n) is 39.8. The Morgan fingerprint density at radius 3 is 1.27 bits per heavy atom. The first-order valence-corrected chi connectivity index (χ1v) is 30.2. The molecule has 2 heterocycles. The van der Waals surface area contributed by atoms with Crippen molar-refractivity contribution >= 4 is 85.2 Å². The third-order valence-corrected chi connectivity index (χ3v) is 22.3. The first kappa shape index (κ1) is 41.7. The topological polar surface area (TPSA) is 18.5 Å². The van der Waals surface area contributed by atoms with Gasteiger partial charge in [0.15, 0.2) is 8.07 Å². The molecule has 0 atom stereocenters. The SMILES string of the molecule is C[Si](C)(C)c1ccc2c(c1)Oc1ccc(-c3c4ccccc4c(-c4ccc5c(c4)Oc4ccc([Si](c6ccccc6)(c6ccccc6)c6ccccc6)c6cccc-5c46)c4ccccc34)c3cccc-2c13. The molecule has 71 heavy (non-hydrogen) atoms. The lowest BCUT2D eigenvalue weighted by atomic mass is 9.83. The zero-order chi connectivity index (χ0) is 47.4. The van der Waals surface area contributed by atoms with Crippen LogP contribution < -0.4 is 35.4 Å². The van der Waals surface area contributed by atoms with Crippen molar-refractivity contribution in [1.29, 1.82) is 0 Å². The summed E-state index contributed by atoms with van der Waals surface area (Å²) in [5.41, 5.74) is 9.43. The Balaban J connectivity index is 0.941. The van der Waals surface area contributed by atoms with Gasteiger partial charge >= 0.3 is 0 Å². The molecule has 0 fully saturated rings. The second kappa shape index (κ2) is 15.9. The van der Waals surface area contributed by atoms with Crippen LogP contribution in [0.15, 0.2) is 237 Å². The van der Waals surface area contributed by atoms with Gasteiger partial charge < -0.3 is 9.47 Å². The van der Waals surface area contributed by atoms with Gasteiger partial charge in [-0.3, -0.25) is 0 Å². The molecular weight excluding hydrogens is 893 g/mol. The molecule has 14 rings (SSSR count). The Hall–Kier alpha value is -8.29. The maximum Gasteiger partial charge on any atom is 0.180 e. The van der Waals surface area contributed by atoms with Gasteiger partial charge in [-0.1, -0.05) is 225 Å². The highest BCUT2D eigenvalue weighted by atomic mass is 28.3. The van der Waals surface area contributed by atoms with Crippen LogP contribution in [-0.2, 0) is 0 Å². The monoisotopic (exact) mass is 940 g/mol. The molecule has 2 aliphatic heterocycles. The average Bonchev–Trinajstić information content (AvgIpc) is 3.42. The van der Waals surface area contributed by atoms with Crippen molar-refractivity contribution in [2.75, 3.05) is 0 Å². The van der Waals surface area contributed by atoms with Crippen LogP contribution in [0.5, 0.6) is 23.0 Å². The van der Waals surface area contributed by atoms with E-state index in [0.29, 0.717) is 0 Å². The molecule has 2 nitrogen and oxygen atoms in total. The highest BCUT2D eigenvalue weighted by Crippen LogP contribution is 2.53.